The highest BCUT2D eigenvalue weighted by atomic mass is 35.5. The van der Waals surface area contributed by atoms with Gasteiger partial charge in [0.05, 0.1) is 19.8 Å². The van der Waals surface area contributed by atoms with Crippen LogP contribution in [0, 0.1) is 0 Å². The van der Waals surface area contributed by atoms with Gasteiger partial charge in [-0.3, -0.25) is 0 Å². The van der Waals surface area contributed by atoms with Crippen molar-refractivity contribution in [1.29, 1.82) is 0 Å². The largest absolute Gasteiger partial charge is 0.394 e. The zero-order chi connectivity index (χ0) is 12.7. The molecule has 2 N–H and O–H groups in total. The van der Waals surface area contributed by atoms with Crippen LogP contribution in [-0.2, 0) is 10.3 Å². The van der Waals surface area contributed by atoms with Crippen LogP contribution in [0.5, 0.6) is 0 Å². The minimum Gasteiger partial charge on any atom is -0.394 e. The van der Waals surface area contributed by atoms with E-state index in [0.717, 1.165) is 11.6 Å². The molecule has 0 spiro atoms. The summed E-state index contributed by atoms with van der Waals surface area (Å²) in [5.74, 6) is 0. The molecule has 0 radical (unpaired) electrons. The number of hydrogen-bond acceptors (Lipinski definition) is 3. The highest BCUT2D eigenvalue weighted by Crippen LogP contribution is 2.21. The number of nitrogens with one attached hydrogen (secondary N) is 1. The summed E-state index contributed by atoms with van der Waals surface area (Å²) in [4.78, 5) is 0. The highest BCUT2D eigenvalue weighted by Gasteiger charge is 2.18. The van der Waals surface area contributed by atoms with E-state index in [9.17, 15) is 0 Å². The SMILES string of the molecule is CC(C)(NCCOCCO)c1ccc(Cl)cc1. The topological polar surface area (TPSA) is 41.5 Å². The lowest BCUT2D eigenvalue weighted by molar-refractivity contribution is 0.0903. The van der Waals surface area contributed by atoms with Gasteiger partial charge in [0.2, 0.25) is 0 Å². The van der Waals surface area contributed by atoms with Crippen molar-refractivity contribution in [3.05, 3.63) is 34.9 Å². The standard InChI is InChI=1S/C13H20ClNO2/c1-13(2,15-7-9-17-10-8-16)11-3-5-12(14)6-4-11/h3-6,15-16H,7-10H2,1-2H3. The van der Waals surface area contributed by atoms with Crippen molar-refractivity contribution in [2.45, 2.75) is 19.4 Å². The predicted molar refractivity (Wildman–Crippen MR) is 70.4 cm³/mol. The second-order valence-corrected chi connectivity index (χ2v) is 4.83. The first-order valence-electron chi connectivity index (χ1n) is 5.76. The first kappa shape index (κ1) is 14.5. The number of rotatable bonds is 7. The molecule has 0 heterocycles. The smallest absolute Gasteiger partial charge is 0.0698 e. The molecule has 0 atom stereocenters. The molecule has 3 nitrogen and oxygen atoms in total. The third-order valence-corrected chi connectivity index (χ3v) is 2.87. The monoisotopic (exact) mass is 257 g/mol. The van der Waals surface area contributed by atoms with Crippen molar-refractivity contribution in [3.63, 3.8) is 0 Å². The average Bonchev–Trinajstić information content (AvgIpc) is 2.29. The normalized spacial score (nSPS) is 11.8. The van der Waals surface area contributed by atoms with E-state index in [-0.39, 0.29) is 12.1 Å². The van der Waals surface area contributed by atoms with E-state index in [4.69, 9.17) is 21.4 Å². The molecular weight excluding hydrogens is 238 g/mol. The van der Waals surface area contributed by atoms with E-state index in [2.05, 4.69) is 19.2 Å². The fourth-order valence-corrected chi connectivity index (χ4v) is 1.70. The van der Waals surface area contributed by atoms with Crippen molar-refractivity contribution >= 4 is 11.6 Å². The number of aliphatic hydroxyl groups excluding tert-OH is 1. The van der Waals surface area contributed by atoms with Crippen LogP contribution < -0.4 is 5.32 Å². The van der Waals surface area contributed by atoms with Gasteiger partial charge < -0.3 is 15.2 Å². The van der Waals surface area contributed by atoms with Gasteiger partial charge in [0.1, 0.15) is 0 Å². The van der Waals surface area contributed by atoms with Crippen LogP contribution in [0.4, 0.5) is 0 Å². The predicted octanol–water partition coefficient (Wildman–Crippen LogP) is 2.17. The lowest BCUT2D eigenvalue weighted by atomic mass is 9.94. The molecule has 0 aliphatic rings. The summed E-state index contributed by atoms with van der Waals surface area (Å²) >= 11 is 5.86. The van der Waals surface area contributed by atoms with Crippen LogP contribution >= 0.6 is 11.6 Å². The van der Waals surface area contributed by atoms with Crippen molar-refractivity contribution in [2.75, 3.05) is 26.4 Å². The minimum atomic E-state index is -0.118. The first-order chi connectivity index (χ1) is 8.06. The molecular formula is C13H20ClNO2. The lowest BCUT2D eigenvalue weighted by Gasteiger charge is -2.27. The molecule has 1 rings (SSSR count). The molecule has 1 aromatic rings. The molecule has 96 valence electrons. The van der Waals surface area contributed by atoms with E-state index in [1.807, 2.05) is 24.3 Å². The molecule has 0 saturated carbocycles. The number of benzene rings is 1. The Morgan fingerprint density at radius 2 is 1.88 bits per heavy atom. The third-order valence-electron chi connectivity index (χ3n) is 2.61. The third kappa shape index (κ3) is 5.04. The van der Waals surface area contributed by atoms with Crippen molar-refractivity contribution in [2.24, 2.45) is 0 Å². The quantitative estimate of drug-likeness (QED) is 0.736. The maximum atomic E-state index is 8.57. The Bertz CT molecular complexity index is 325. The number of ether oxygens (including phenoxy) is 1. The Kier molecular flexibility index (Phi) is 5.92. The molecule has 0 bridgehead atoms. The zero-order valence-electron chi connectivity index (χ0n) is 10.4. The summed E-state index contributed by atoms with van der Waals surface area (Å²) < 4.78 is 5.20. The van der Waals surface area contributed by atoms with Crippen LogP contribution in [-0.4, -0.2) is 31.5 Å². The second kappa shape index (κ2) is 6.97. The van der Waals surface area contributed by atoms with Gasteiger partial charge >= 0.3 is 0 Å². The minimum absolute atomic E-state index is 0.0700. The maximum Gasteiger partial charge on any atom is 0.0698 e. The van der Waals surface area contributed by atoms with E-state index in [1.54, 1.807) is 0 Å². The van der Waals surface area contributed by atoms with Crippen molar-refractivity contribution < 1.29 is 9.84 Å². The molecule has 0 unspecified atom stereocenters. The van der Waals surface area contributed by atoms with Gasteiger partial charge in [-0.05, 0) is 31.5 Å². The number of hydrogen-bond donors (Lipinski definition) is 2. The Balaban J connectivity index is 2.42. The first-order valence-corrected chi connectivity index (χ1v) is 6.14. The summed E-state index contributed by atoms with van der Waals surface area (Å²) in [6.07, 6.45) is 0. The molecule has 0 amide bonds. The van der Waals surface area contributed by atoms with E-state index in [0.29, 0.717) is 13.2 Å². The summed E-state index contributed by atoms with van der Waals surface area (Å²) in [6.45, 7) is 6.03. The average molecular weight is 258 g/mol. The van der Waals surface area contributed by atoms with Gasteiger partial charge in [-0.2, -0.15) is 0 Å². The van der Waals surface area contributed by atoms with E-state index >= 15 is 0 Å². The Morgan fingerprint density at radius 3 is 2.47 bits per heavy atom. The number of aliphatic hydroxyl groups is 1. The Hall–Kier alpha value is -0.610. The van der Waals surface area contributed by atoms with Crippen LogP contribution in [0.25, 0.3) is 0 Å². The molecule has 17 heavy (non-hydrogen) atoms. The fourth-order valence-electron chi connectivity index (χ4n) is 1.57. The van der Waals surface area contributed by atoms with Crippen molar-refractivity contribution in [3.8, 4) is 0 Å². The molecule has 0 aromatic heterocycles. The molecule has 4 heteroatoms. The summed E-state index contributed by atoms with van der Waals surface area (Å²) in [7, 11) is 0. The van der Waals surface area contributed by atoms with Crippen LogP contribution in [0.2, 0.25) is 5.02 Å². The molecule has 0 aliphatic carbocycles. The molecule has 0 fully saturated rings. The number of halogens is 1. The highest BCUT2D eigenvalue weighted by molar-refractivity contribution is 6.30. The second-order valence-electron chi connectivity index (χ2n) is 4.39. The van der Waals surface area contributed by atoms with Gasteiger partial charge in [-0.25, -0.2) is 0 Å². The van der Waals surface area contributed by atoms with Gasteiger partial charge in [-0.1, -0.05) is 23.7 Å². The Labute approximate surface area is 108 Å². The zero-order valence-corrected chi connectivity index (χ0v) is 11.1. The maximum absolute atomic E-state index is 8.57. The van der Waals surface area contributed by atoms with Crippen LogP contribution in [0.15, 0.2) is 24.3 Å². The summed E-state index contributed by atoms with van der Waals surface area (Å²) in [5.41, 5.74) is 1.07. The van der Waals surface area contributed by atoms with E-state index in [1.165, 1.54) is 5.56 Å². The Morgan fingerprint density at radius 1 is 1.24 bits per heavy atom. The van der Waals surface area contributed by atoms with Gasteiger partial charge in [0.25, 0.3) is 0 Å². The van der Waals surface area contributed by atoms with Crippen molar-refractivity contribution in [1.82, 2.24) is 5.32 Å². The molecule has 0 aliphatic heterocycles. The molecule has 0 saturated heterocycles. The van der Waals surface area contributed by atoms with Crippen LogP contribution in [0.1, 0.15) is 19.4 Å². The van der Waals surface area contributed by atoms with Crippen LogP contribution in [0.3, 0.4) is 0 Å². The van der Waals surface area contributed by atoms with Gasteiger partial charge in [0, 0.05) is 17.1 Å². The lowest BCUT2D eigenvalue weighted by Crippen LogP contribution is -2.38. The fraction of sp³-hybridized carbons (Fsp3) is 0.538. The molecule has 1 aromatic carbocycles. The summed E-state index contributed by atoms with van der Waals surface area (Å²) in [5, 5.41) is 12.7. The van der Waals surface area contributed by atoms with Gasteiger partial charge in [0.15, 0.2) is 0 Å². The summed E-state index contributed by atoms with van der Waals surface area (Å²) in [6, 6.07) is 7.82. The van der Waals surface area contributed by atoms with E-state index < -0.39 is 0 Å². The van der Waals surface area contributed by atoms with Gasteiger partial charge in [-0.15, -0.1) is 0 Å².